The van der Waals surface area contributed by atoms with Gasteiger partial charge in [-0.2, -0.15) is 16.8 Å². The summed E-state index contributed by atoms with van der Waals surface area (Å²) in [6.45, 7) is 0. The van der Waals surface area contributed by atoms with Crippen molar-refractivity contribution >= 4 is 31.1 Å². The third-order valence-corrected chi connectivity index (χ3v) is 4.08. The van der Waals surface area contributed by atoms with Crippen molar-refractivity contribution in [2.24, 2.45) is 0 Å². The van der Waals surface area contributed by atoms with Gasteiger partial charge in [0.15, 0.2) is 0 Å². The molecule has 1 aromatic carbocycles. The number of nitrogens with zero attached hydrogens (tertiary/aromatic N) is 1. The number of hydrogen-bond donors (Lipinski definition) is 3. The third-order valence-electron chi connectivity index (χ3n) is 2.28. The Morgan fingerprint density at radius 1 is 1.00 bits per heavy atom. The SMILES string of the molecule is O=S(=O)(O)c1cc2cccc(O)c2nc1S(=O)(=O)O. The van der Waals surface area contributed by atoms with Crippen LogP contribution in [0.4, 0.5) is 0 Å². The number of fused-ring (bicyclic) bond motifs is 1. The van der Waals surface area contributed by atoms with Crippen LogP contribution in [0, 0.1) is 0 Å². The van der Waals surface area contributed by atoms with E-state index in [1.54, 1.807) is 0 Å². The van der Waals surface area contributed by atoms with Crippen molar-refractivity contribution in [1.29, 1.82) is 0 Å². The zero-order chi connectivity index (χ0) is 14.4. The van der Waals surface area contributed by atoms with Gasteiger partial charge in [-0.25, -0.2) is 4.98 Å². The number of hydrogen-bond acceptors (Lipinski definition) is 6. The van der Waals surface area contributed by atoms with Crippen molar-refractivity contribution < 1.29 is 31.0 Å². The maximum Gasteiger partial charge on any atom is 0.313 e. The molecule has 0 spiro atoms. The van der Waals surface area contributed by atoms with Gasteiger partial charge in [0.2, 0.25) is 5.03 Å². The van der Waals surface area contributed by atoms with Crippen LogP contribution >= 0.6 is 0 Å². The van der Waals surface area contributed by atoms with E-state index in [0.29, 0.717) is 0 Å². The predicted molar refractivity (Wildman–Crippen MR) is 63.0 cm³/mol. The molecule has 2 rings (SSSR count). The second-order valence-corrected chi connectivity index (χ2v) is 6.32. The minimum atomic E-state index is -4.99. The highest BCUT2D eigenvalue weighted by Gasteiger charge is 2.27. The molecule has 0 saturated heterocycles. The number of benzene rings is 1. The first kappa shape index (κ1) is 13.7. The largest absolute Gasteiger partial charge is 0.506 e. The Kier molecular flexibility index (Phi) is 2.97. The third kappa shape index (κ3) is 2.51. The minimum Gasteiger partial charge on any atom is -0.506 e. The predicted octanol–water partition coefficient (Wildman–Crippen LogP) is 0.434. The van der Waals surface area contributed by atoms with E-state index in [2.05, 4.69) is 4.98 Å². The highest BCUT2D eigenvalue weighted by atomic mass is 32.2. The Morgan fingerprint density at radius 3 is 2.16 bits per heavy atom. The van der Waals surface area contributed by atoms with Crippen LogP contribution in [-0.4, -0.2) is 36.0 Å². The van der Waals surface area contributed by atoms with E-state index >= 15 is 0 Å². The summed E-state index contributed by atoms with van der Waals surface area (Å²) in [6, 6.07) is 4.72. The summed E-state index contributed by atoms with van der Waals surface area (Å²) in [7, 11) is -9.89. The molecule has 0 saturated carbocycles. The van der Waals surface area contributed by atoms with Gasteiger partial charge in [-0.3, -0.25) is 9.11 Å². The highest BCUT2D eigenvalue weighted by molar-refractivity contribution is 7.89. The van der Waals surface area contributed by atoms with Crippen LogP contribution in [0.3, 0.4) is 0 Å². The van der Waals surface area contributed by atoms with Gasteiger partial charge in [0.25, 0.3) is 10.1 Å². The van der Waals surface area contributed by atoms with Crippen molar-refractivity contribution in [3.63, 3.8) is 0 Å². The van der Waals surface area contributed by atoms with Crippen molar-refractivity contribution in [2.75, 3.05) is 0 Å². The quantitative estimate of drug-likeness (QED) is 0.678. The van der Waals surface area contributed by atoms with Crippen molar-refractivity contribution in [1.82, 2.24) is 4.98 Å². The van der Waals surface area contributed by atoms with Gasteiger partial charge in [-0.15, -0.1) is 0 Å². The van der Waals surface area contributed by atoms with E-state index in [1.807, 2.05) is 0 Å². The molecular formula is C9H7NO7S2. The summed E-state index contributed by atoms with van der Waals surface area (Å²) in [5.74, 6) is -0.399. The number of phenolic OH excluding ortho intramolecular Hbond substituents is 1. The Bertz CT molecular complexity index is 871. The van der Waals surface area contributed by atoms with Crippen LogP contribution < -0.4 is 0 Å². The second kappa shape index (κ2) is 4.13. The van der Waals surface area contributed by atoms with E-state index < -0.39 is 35.9 Å². The maximum absolute atomic E-state index is 11.1. The maximum atomic E-state index is 11.1. The molecule has 0 fully saturated rings. The summed E-state index contributed by atoms with van der Waals surface area (Å²) < 4.78 is 62.3. The van der Waals surface area contributed by atoms with Crippen LogP contribution in [0.2, 0.25) is 0 Å². The van der Waals surface area contributed by atoms with E-state index in [0.717, 1.165) is 6.07 Å². The van der Waals surface area contributed by atoms with Gasteiger partial charge in [0.1, 0.15) is 16.2 Å². The van der Waals surface area contributed by atoms with E-state index in [4.69, 9.17) is 9.11 Å². The molecule has 0 aliphatic heterocycles. The number of rotatable bonds is 2. The fourth-order valence-electron chi connectivity index (χ4n) is 1.52. The Hall–Kier alpha value is -1.75. The first-order chi connectivity index (χ1) is 8.60. The van der Waals surface area contributed by atoms with Gasteiger partial charge in [0.05, 0.1) is 0 Å². The normalized spacial score (nSPS) is 12.7. The summed E-state index contributed by atoms with van der Waals surface area (Å²) in [4.78, 5) is 2.32. The number of aromatic hydroxyl groups is 1. The number of pyridine rings is 1. The molecule has 2 aromatic rings. The van der Waals surface area contributed by atoms with Gasteiger partial charge >= 0.3 is 10.1 Å². The fraction of sp³-hybridized carbons (Fsp3) is 0. The molecule has 0 radical (unpaired) electrons. The molecule has 0 atom stereocenters. The number of para-hydroxylation sites is 1. The molecule has 0 bridgehead atoms. The lowest BCUT2D eigenvalue weighted by Crippen LogP contribution is -2.10. The van der Waals surface area contributed by atoms with Crippen LogP contribution in [0.15, 0.2) is 34.2 Å². The summed E-state index contributed by atoms with van der Waals surface area (Å²) in [5, 5.41) is 8.34. The van der Waals surface area contributed by atoms with E-state index in [9.17, 15) is 21.9 Å². The molecule has 102 valence electrons. The smallest absolute Gasteiger partial charge is 0.313 e. The molecule has 1 aromatic heterocycles. The molecule has 0 amide bonds. The standard InChI is InChI=1S/C9H7NO7S2/c11-6-3-1-2-5-4-7(18(12,13)14)9(10-8(5)6)19(15,16)17/h1-4,11H,(H,12,13,14)(H,15,16,17). The summed E-state index contributed by atoms with van der Waals surface area (Å²) >= 11 is 0. The minimum absolute atomic E-state index is 0.0834. The van der Waals surface area contributed by atoms with Crippen molar-refractivity contribution in [3.8, 4) is 5.75 Å². The van der Waals surface area contributed by atoms with Crippen LogP contribution in [0.1, 0.15) is 0 Å². The Balaban J connectivity index is 3.04. The van der Waals surface area contributed by atoms with Gasteiger partial charge in [0, 0.05) is 5.39 Å². The highest BCUT2D eigenvalue weighted by Crippen LogP contribution is 2.28. The van der Waals surface area contributed by atoms with Crippen molar-refractivity contribution in [2.45, 2.75) is 9.92 Å². The molecule has 19 heavy (non-hydrogen) atoms. The van der Waals surface area contributed by atoms with Gasteiger partial charge in [-0.1, -0.05) is 12.1 Å². The molecule has 0 aliphatic rings. The topological polar surface area (TPSA) is 142 Å². The monoisotopic (exact) mass is 305 g/mol. The van der Waals surface area contributed by atoms with Crippen LogP contribution in [0.25, 0.3) is 10.9 Å². The summed E-state index contributed by atoms with van der Waals surface area (Å²) in [5.41, 5.74) is -0.220. The number of aromatic nitrogens is 1. The average Bonchev–Trinajstić information content (AvgIpc) is 2.25. The zero-order valence-electron chi connectivity index (χ0n) is 9.05. The Labute approximate surface area is 107 Å². The molecule has 0 aliphatic carbocycles. The average molecular weight is 305 g/mol. The molecule has 10 heteroatoms. The molecule has 1 heterocycles. The molecule has 3 N–H and O–H groups in total. The lowest BCUT2D eigenvalue weighted by Gasteiger charge is -2.06. The van der Waals surface area contributed by atoms with E-state index in [1.165, 1.54) is 18.2 Å². The first-order valence-corrected chi connectivity index (χ1v) is 7.56. The number of phenols is 1. The van der Waals surface area contributed by atoms with Crippen LogP contribution in [0.5, 0.6) is 5.75 Å². The summed E-state index contributed by atoms with van der Waals surface area (Å²) in [6.07, 6.45) is 0. The molecule has 0 unspecified atom stereocenters. The lowest BCUT2D eigenvalue weighted by molar-refractivity contribution is 0.461. The second-order valence-electron chi connectivity index (χ2n) is 3.59. The fourth-order valence-corrected chi connectivity index (χ4v) is 3.21. The lowest BCUT2D eigenvalue weighted by atomic mass is 10.2. The Morgan fingerprint density at radius 2 is 1.63 bits per heavy atom. The first-order valence-electron chi connectivity index (χ1n) is 4.68. The molecular weight excluding hydrogens is 298 g/mol. The van der Waals surface area contributed by atoms with Gasteiger partial charge in [-0.05, 0) is 12.1 Å². The molecule has 8 nitrogen and oxygen atoms in total. The van der Waals surface area contributed by atoms with Crippen molar-refractivity contribution in [3.05, 3.63) is 24.3 Å². The van der Waals surface area contributed by atoms with Gasteiger partial charge < -0.3 is 5.11 Å². The van der Waals surface area contributed by atoms with E-state index in [-0.39, 0.29) is 10.9 Å². The zero-order valence-corrected chi connectivity index (χ0v) is 10.7. The van der Waals surface area contributed by atoms with Crippen LogP contribution in [-0.2, 0) is 20.2 Å².